The molecule has 0 spiro atoms. The first-order valence-corrected chi connectivity index (χ1v) is 7.70. The first kappa shape index (κ1) is 15.7. The third kappa shape index (κ3) is 3.59. The molecule has 2 N–H and O–H groups in total. The number of halogens is 2. The topological polar surface area (TPSA) is 74.8 Å². The SMILES string of the molecule is O=C(Cc1c(F)cccc1Cl)N[C@@H]1CCc2n[nH]c(=O)cc2C1. The maximum atomic E-state index is 13.7. The fourth-order valence-corrected chi connectivity index (χ4v) is 3.03. The molecule has 1 heterocycles. The summed E-state index contributed by atoms with van der Waals surface area (Å²) in [7, 11) is 0. The molecule has 0 unspecified atom stereocenters. The number of hydrogen-bond donors (Lipinski definition) is 2. The summed E-state index contributed by atoms with van der Waals surface area (Å²) in [4.78, 5) is 23.5. The van der Waals surface area contributed by atoms with Crippen molar-refractivity contribution in [2.75, 3.05) is 0 Å². The Balaban J connectivity index is 1.66. The van der Waals surface area contributed by atoms with Gasteiger partial charge < -0.3 is 5.32 Å². The molecule has 0 saturated heterocycles. The van der Waals surface area contributed by atoms with Crippen LogP contribution in [0.2, 0.25) is 5.02 Å². The predicted octanol–water partition coefficient (Wildman–Crippen LogP) is 1.78. The van der Waals surface area contributed by atoms with E-state index in [9.17, 15) is 14.0 Å². The molecule has 1 atom stereocenters. The zero-order valence-corrected chi connectivity index (χ0v) is 13.0. The van der Waals surface area contributed by atoms with Crippen molar-refractivity contribution in [3.05, 3.63) is 62.3 Å². The third-order valence-electron chi connectivity index (χ3n) is 3.94. The number of fused-ring (bicyclic) bond motifs is 1. The number of H-pyrrole nitrogens is 1. The molecule has 2 aromatic rings. The maximum absolute atomic E-state index is 13.7. The van der Waals surface area contributed by atoms with Crippen molar-refractivity contribution in [3.8, 4) is 0 Å². The molecule has 1 amide bonds. The summed E-state index contributed by atoms with van der Waals surface area (Å²) >= 11 is 5.93. The summed E-state index contributed by atoms with van der Waals surface area (Å²) < 4.78 is 13.7. The van der Waals surface area contributed by atoms with E-state index in [1.165, 1.54) is 18.2 Å². The Morgan fingerprint density at radius 3 is 3.09 bits per heavy atom. The van der Waals surface area contributed by atoms with Gasteiger partial charge in [-0.05, 0) is 37.0 Å². The van der Waals surface area contributed by atoms with E-state index in [0.717, 1.165) is 17.7 Å². The summed E-state index contributed by atoms with van der Waals surface area (Å²) in [5, 5.41) is 9.54. The van der Waals surface area contributed by atoms with E-state index < -0.39 is 5.82 Å². The minimum Gasteiger partial charge on any atom is -0.353 e. The number of aromatic amines is 1. The van der Waals surface area contributed by atoms with Crippen LogP contribution < -0.4 is 10.9 Å². The van der Waals surface area contributed by atoms with Crippen molar-refractivity contribution in [2.45, 2.75) is 31.7 Å². The Bertz CT molecular complexity index is 786. The third-order valence-corrected chi connectivity index (χ3v) is 4.29. The Labute approximate surface area is 136 Å². The molecular formula is C16H15ClFN3O2. The lowest BCUT2D eigenvalue weighted by Gasteiger charge is -2.24. The van der Waals surface area contributed by atoms with Crippen LogP contribution in [-0.2, 0) is 24.1 Å². The first-order valence-electron chi connectivity index (χ1n) is 7.32. The quantitative estimate of drug-likeness (QED) is 0.897. The van der Waals surface area contributed by atoms with Gasteiger partial charge in [0.2, 0.25) is 5.91 Å². The van der Waals surface area contributed by atoms with Crippen LogP contribution in [0.15, 0.2) is 29.1 Å². The smallest absolute Gasteiger partial charge is 0.264 e. The maximum Gasteiger partial charge on any atom is 0.264 e. The van der Waals surface area contributed by atoms with Crippen LogP contribution in [0.1, 0.15) is 23.2 Å². The van der Waals surface area contributed by atoms with E-state index in [2.05, 4.69) is 15.5 Å². The standard InChI is InChI=1S/C16H15ClFN3O2/c17-12-2-1-3-13(18)11(12)8-15(22)19-10-4-5-14-9(6-10)7-16(23)21-20-14/h1-3,7,10H,4-6,8H2,(H,19,22)(H,21,23)/t10-/m1/s1. The Kier molecular flexibility index (Phi) is 4.43. The lowest BCUT2D eigenvalue weighted by Crippen LogP contribution is -2.40. The molecule has 7 heteroatoms. The van der Waals surface area contributed by atoms with Gasteiger partial charge in [0, 0.05) is 22.7 Å². The largest absolute Gasteiger partial charge is 0.353 e. The van der Waals surface area contributed by atoms with Gasteiger partial charge in [0.25, 0.3) is 5.56 Å². The summed E-state index contributed by atoms with van der Waals surface area (Å²) in [6.07, 6.45) is 1.84. The molecule has 1 aliphatic carbocycles. The lowest BCUT2D eigenvalue weighted by molar-refractivity contribution is -0.121. The zero-order chi connectivity index (χ0) is 16.4. The molecule has 120 valence electrons. The molecule has 0 radical (unpaired) electrons. The van der Waals surface area contributed by atoms with E-state index in [1.807, 2.05) is 0 Å². The fraction of sp³-hybridized carbons (Fsp3) is 0.312. The monoisotopic (exact) mass is 335 g/mol. The Morgan fingerprint density at radius 1 is 1.48 bits per heavy atom. The van der Waals surface area contributed by atoms with Crippen molar-refractivity contribution in [2.24, 2.45) is 0 Å². The first-order chi connectivity index (χ1) is 11.0. The van der Waals surface area contributed by atoms with Crippen molar-refractivity contribution in [3.63, 3.8) is 0 Å². The molecular weight excluding hydrogens is 321 g/mol. The number of carbonyl (C=O) groups is 1. The number of benzene rings is 1. The van der Waals surface area contributed by atoms with Crippen molar-refractivity contribution in [1.82, 2.24) is 15.5 Å². The molecule has 0 bridgehead atoms. The summed E-state index contributed by atoms with van der Waals surface area (Å²) in [6, 6.07) is 5.76. The Morgan fingerprint density at radius 2 is 2.30 bits per heavy atom. The lowest BCUT2D eigenvalue weighted by atomic mass is 9.92. The van der Waals surface area contributed by atoms with Gasteiger partial charge in [-0.2, -0.15) is 5.10 Å². The predicted molar refractivity (Wildman–Crippen MR) is 83.9 cm³/mol. The highest BCUT2D eigenvalue weighted by Crippen LogP contribution is 2.21. The molecule has 0 saturated carbocycles. The molecule has 1 aliphatic rings. The number of rotatable bonds is 3. The van der Waals surface area contributed by atoms with Gasteiger partial charge in [-0.15, -0.1) is 0 Å². The van der Waals surface area contributed by atoms with Crippen LogP contribution in [0.5, 0.6) is 0 Å². The molecule has 0 aliphatic heterocycles. The van der Waals surface area contributed by atoms with Crippen LogP contribution >= 0.6 is 11.6 Å². The molecule has 3 rings (SSSR count). The molecule has 1 aromatic heterocycles. The molecule has 23 heavy (non-hydrogen) atoms. The summed E-state index contributed by atoms with van der Waals surface area (Å²) in [6.45, 7) is 0. The van der Waals surface area contributed by atoms with E-state index in [4.69, 9.17) is 11.6 Å². The van der Waals surface area contributed by atoms with Gasteiger partial charge in [-0.3, -0.25) is 9.59 Å². The van der Waals surface area contributed by atoms with E-state index >= 15 is 0 Å². The van der Waals surface area contributed by atoms with Gasteiger partial charge in [-0.1, -0.05) is 17.7 Å². The van der Waals surface area contributed by atoms with Gasteiger partial charge in [0.15, 0.2) is 0 Å². The number of nitrogens with one attached hydrogen (secondary N) is 2. The number of amides is 1. The number of nitrogens with zero attached hydrogens (tertiary/aromatic N) is 1. The second-order valence-electron chi connectivity index (χ2n) is 5.59. The fourth-order valence-electron chi connectivity index (χ4n) is 2.80. The Hall–Kier alpha value is -2.21. The van der Waals surface area contributed by atoms with E-state index in [-0.39, 0.29) is 34.5 Å². The molecule has 1 aromatic carbocycles. The number of aryl methyl sites for hydroxylation is 1. The van der Waals surface area contributed by atoms with Crippen LogP contribution in [0.4, 0.5) is 4.39 Å². The average molecular weight is 336 g/mol. The summed E-state index contributed by atoms with van der Waals surface area (Å²) in [5.74, 6) is -0.777. The van der Waals surface area contributed by atoms with Crippen LogP contribution in [0.25, 0.3) is 0 Å². The number of aromatic nitrogens is 2. The summed E-state index contributed by atoms with van der Waals surface area (Å²) in [5.41, 5.74) is 1.64. The second-order valence-corrected chi connectivity index (χ2v) is 6.00. The van der Waals surface area contributed by atoms with E-state index in [0.29, 0.717) is 12.8 Å². The van der Waals surface area contributed by atoms with Crippen molar-refractivity contribution in [1.29, 1.82) is 0 Å². The van der Waals surface area contributed by atoms with Gasteiger partial charge in [0.05, 0.1) is 12.1 Å². The number of hydrogen-bond acceptors (Lipinski definition) is 3. The molecule has 0 fully saturated rings. The highest BCUT2D eigenvalue weighted by atomic mass is 35.5. The van der Waals surface area contributed by atoms with Crippen molar-refractivity contribution >= 4 is 17.5 Å². The van der Waals surface area contributed by atoms with E-state index in [1.54, 1.807) is 6.07 Å². The van der Waals surface area contributed by atoms with Crippen LogP contribution in [-0.4, -0.2) is 22.1 Å². The normalized spacial score (nSPS) is 16.7. The second kappa shape index (κ2) is 6.50. The highest BCUT2D eigenvalue weighted by molar-refractivity contribution is 6.31. The van der Waals surface area contributed by atoms with Gasteiger partial charge >= 0.3 is 0 Å². The van der Waals surface area contributed by atoms with Gasteiger partial charge in [0.1, 0.15) is 5.82 Å². The van der Waals surface area contributed by atoms with Crippen molar-refractivity contribution < 1.29 is 9.18 Å². The minimum absolute atomic E-state index is 0.0934. The van der Waals surface area contributed by atoms with Crippen LogP contribution in [0, 0.1) is 5.82 Å². The van der Waals surface area contributed by atoms with Crippen LogP contribution in [0.3, 0.4) is 0 Å². The molecule has 5 nitrogen and oxygen atoms in total. The number of carbonyl (C=O) groups excluding carboxylic acids is 1. The zero-order valence-electron chi connectivity index (χ0n) is 12.2. The minimum atomic E-state index is -0.489. The highest BCUT2D eigenvalue weighted by Gasteiger charge is 2.22. The van der Waals surface area contributed by atoms with Gasteiger partial charge in [-0.25, -0.2) is 9.49 Å². The average Bonchev–Trinajstić information content (AvgIpc) is 2.50.